The minimum absolute atomic E-state index is 0.0776. The summed E-state index contributed by atoms with van der Waals surface area (Å²) in [6.07, 6.45) is 56.9. The molecule has 0 rings (SSSR count). The van der Waals surface area contributed by atoms with Crippen molar-refractivity contribution in [3.05, 3.63) is 36.5 Å². The molecule has 0 unspecified atom stereocenters. The van der Waals surface area contributed by atoms with E-state index in [2.05, 4.69) is 57.2 Å². The third-order valence-corrected chi connectivity index (χ3v) is 11.4. The minimum atomic E-state index is -0.778. The topological polar surface area (TPSA) is 78.9 Å². The summed E-state index contributed by atoms with van der Waals surface area (Å²) in [5.41, 5.74) is 0. The third kappa shape index (κ3) is 46.7. The molecule has 0 heterocycles. The maximum absolute atomic E-state index is 12.8. The molecule has 0 aliphatic heterocycles. The highest BCUT2D eigenvalue weighted by molar-refractivity contribution is 5.71. The number of allylic oxidation sites excluding steroid dienone is 6. The molecule has 0 spiro atoms. The Labute approximate surface area is 372 Å². The van der Waals surface area contributed by atoms with Gasteiger partial charge in [0.1, 0.15) is 13.2 Å². The summed E-state index contributed by atoms with van der Waals surface area (Å²) in [4.78, 5) is 37.9. The number of unbranched alkanes of at least 4 members (excludes halogenated alkanes) is 30. The van der Waals surface area contributed by atoms with Gasteiger partial charge in [0, 0.05) is 19.3 Å². The van der Waals surface area contributed by atoms with E-state index in [1.54, 1.807) is 0 Å². The first-order valence-electron chi connectivity index (χ1n) is 26.0. The predicted molar refractivity (Wildman–Crippen MR) is 256 cm³/mol. The first-order valence-corrected chi connectivity index (χ1v) is 26.0. The van der Waals surface area contributed by atoms with Crippen LogP contribution in [0.4, 0.5) is 0 Å². The summed E-state index contributed by atoms with van der Waals surface area (Å²) >= 11 is 0. The van der Waals surface area contributed by atoms with Crippen molar-refractivity contribution in [2.75, 3.05) is 13.2 Å². The van der Waals surface area contributed by atoms with Crippen molar-refractivity contribution in [2.24, 2.45) is 0 Å². The molecule has 60 heavy (non-hydrogen) atoms. The Morgan fingerprint density at radius 3 is 1.02 bits per heavy atom. The zero-order valence-electron chi connectivity index (χ0n) is 40.0. The van der Waals surface area contributed by atoms with Crippen molar-refractivity contribution in [1.29, 1.82) is 0 Å². The summed E-state index contributed by atoms with van der Waals surface area (Å²) in [5, 5.41) is 0. The minimum Gasteiger partial charge on any atom is -0.462 e. The van der Waals surface area contributed by atoms with E-state index >= 15 is 0 Å². The van der Waals surface area contributed by atoms with Gasteiger partial charge in [0.25, 0.3) is 0 Å². The van der Waals surface area contributed by atoms with Crippen molar-refractivity contribution in [3.8, 4) is 0 Å². The second kappa shape index (κ2) is 49.3. The van der Waals surface area contributed by atoms with Gasteiger partial charge in [0.05, 0.1) is 0 Å². The summed E-state index contributed by atoms with van der Waals surface area (Å²) in [6, 6.07) is 0. The molecule has 0 N–H and O–H groups in total. The molecule has 0 amide bonds. The Morgan fingerprint density at radius 2 is 0.617 bits per heavy atom. The molecular formula is C54H98O6. The van der Waals surface area contributed by atoms with Gasteiger partial charge < -0.3 is 14.2 Å². The molecule has 0 bridgehead atoms. The van der Waals surface area contributed by atoms with Crippen LogP contribution in [0.1, 0.15) is 271 Å². The van der Waals surface area contributed by atoms with Crippen molar-refractivity contribution in [1.82, 2.24) is 0 Å². The van der Waals surface area contributed by atoms with Crippen LogP contribution in [-0.2, 0) is 28.6 Å². The van der Waals surface area contributed by atoms with Gasteiger partial charge >= 0.3 is 17.9 Å². The van der Waals surface area contributed by atoms with Crippen LogP contribution >= 0.6 is 0 Å². The number of ether oxygens (including phenoxy) is 3. The molecule has 6 nitrogen and oxygen atoms in total. The Hall–Kier alpha value is -2.37. The maximum Gasteiger partial charge on any atom is 0.306 e. The standard InChI is InChI=1S/C54H98O6/c1-4-7-10-13-16-19-22-25-27-28-30-32-35-38-41-44-47-53(56)59-50-51(49-58-52(55)46-43-40-37-34-31-24-21-18-15-12-9-6-3)60-54(57)48-45-42-39-36-33-29-26-23-20-17-14-11-8-5-2/h14,17-18,21,23,26,51H,4-13,15-16,19-20,22,24-25,27-50H2,1-3H3/b17-14-,21-18-,26-23-/t51-/m1/s1. The lowest BCUT2D eigenvalue weighted by atomic mass is 10.0. The first-order chi connectivity index (χ1) is 29.5. The first kappa shape index (κ1) is 57.6. The van der Waals surface area contributed by atoms with Crippen LogP contribution in [-0.4, -0.2) is 37.2 Å². The van der Waals surface area contributed by atoms with Gasteiger partial charge in [-0.3, -0.25) is 14.4 Å². The van der Waals surface area contributed by atoms with Gasteiger partial charge in [-0.1, -0.05) is 218 Å². The second-order valence-corrected chi connectivity index (χ2v) is 17.4. The lowest BCUT2D eigenvalue weighted by molar-refractivity contribution is -0.167. The van der Waals surface area contributed by atoms with E-state index in [9.17, 15) is 14.4 Å². The zero-order valence-corrected chi connectivity index (χ0v) is 40.0. The highest BCUT2D eigenvalue weighted by Gasteiger charge is 2.19. The Balaban J connectivity index is 4.36. The second-order valence-electron chi connectivity index (χ2n) is 17.4. The molecule has 0 saturated carbocycles. The number of hydrogen-bond donors (Lipinski definition) is 0. The van der Waals surface area contributed by atoms with E-state index in [1.807, 2.05) is 0 Å². The van der Waals surface area contributed by atoms with E-state index in [0.717, 1.165) is 89.9 Å². The summed E-state index contributed by atoms with van der Waals surface area (Å²) in [6.45, 7) is 6.58. The number of hydrogen-bond acceptors (Lipinski definition) is 6. The van der Waals surface area contributed by atoms with Crippen LogP contribution in [0.25, 0.3) is 0 Å². The fourth-order valence-corrected chi connectivity index (χ4v) is 7.39. The molecule has 0 aliphatic rings. The van der Waals surface area contributed by atoms with Crippen molar-refractivity contribution >= 4 is 17.9 Å². The quantitative estimate of drug-likeness (QED) is 0.0263. The van der Waals surface area contributed by atoms with E-state index in [4.69, 9.17) is 14.2 Å². The van der Waals surface area contributed by atoms with Crippen molar-refractivity contribution in [3.63, 3.8) is 0 Å². The molecule has 0 radical (unpaired) electrons. The van der Waals surface area contributed by atoms with E-state index < -0.39 is 6.10 Å². The van der Waals surface area contributed by atoms with Crippen molar-refractivity contribution < 1.29 is 28.6 Å². The highest BCUT2D eigenvalue weighted by Crippen LogP contribution is 2.16. The molecular weight excluding hydrogens is 745 g/mol. The smallest absolute Gasteiger partial charge is 0.306 e. The van der Waals surface area contributed by atoms with E-state index in [1.165, 1.54) is 141 Å². The zero-order chi connectivity index (χ0) is 43.7. The normalized spacial score (nSPS) is 12.2. The third-order valence-electron chi connectivity index (χ3n) is 11.4. The predicted octanol–water partition coefficient (Wildman–Crippen LogP) is 16.9. The molecule has 0 aromatic rings. The van der Waals surface area contributed by atoms with Crippen molar-refractivity contribution in [2.45, 2.75) is 277 Å². The maximum atomic E-state index is 12.8. The number of rotatable bonds is 47. The molecule has 0 fully saturated rings. The Morgan fingerprint density at radius 1 is 0.333 bits per heavy atom. The summed E-state index contributed by atoms with van der Waals surface area (Å²) in [7, 11) is 0. The van der Waals surface area contributed by atoms with Gasteiger partial charge in [-0.15, -0.1) is 0 Å². The summed E-state index contributed by atoms with van der Waals surface area (Å²) < 4.78 is 16.8. The highest BCUT2D eigenvalue weighted by atomic mass is 16.6. The fraction of sp³-hybridized carbons (Fsp3) is 0.833. The molecule has 1 atom stereocenters. The number of carbonyl (C=O) groups excluding carboxylic acids is 3. The van der Waals surface area contributed by atoms with Crippen LogP contribution in [0.15, 0.2) is 36.5 Å². The van der Waals surface area contributed by atoms with Gasteiger partial charge in [-0.25, -0.2) is 0 Å². The SMILES string of the molecule is CCCC/C=C\C/C=C\CCCCCCCC(=O)O[C@H](COC(=O)CCCCCCC/C=C\CCCCC)COC(=O)CCCCCCCCCCCCCCCCCC. The average Bonchev–Trinajstić information content (AvgIpc) is 3.24. The average molecular weight is 843 g/mol. The molecule has 6 heteroatoms. The van der Waals surface area contributed by atoms with Crippen LogP contribution < -0.4 is 0 Å². The Kier molecular flexibility index (Phi) is 47.3. The van der Waals surface area contributed by atoms with Crippen LogP contribution in [0.2, 0.25) is 0 Å². The Bertz CT molecular complexity index is 1020. The molecule has 0 saturated heterocycles. The number of carbonyl (C=O) groups is 3. The molecule has 350 valence electrons. The van der Waals surface area contributed by atoms with E-state index in [0.29, 0.717) is 19.3 Å². The number of esters is 3. The van der Waals surface area contributed by atoms with Gasteiger partial charge in [-0.05, 0) is 70.6 Å². The molecule has 0 aliphatic carbocycles. The largest absolute Gasteiger partial charge is 0.462 e. The van der Waals surface area contributed by atoms with E-state index in [-0.39, 0.29) is 31.1 Å². The monoisotopic (exact) mass is 843 g/mol. The van der Waals surface area contributed by atoms with Crippen LogP contribution in [0.3, 0.4) is 0 Å². The van der Waals surface area contributed by atoms with Gasteiger partial charge in [0.15, 0.2) is 6.10 Å². The van der Waals surface area contributed by atoms with Gasteiger partial charge in [0.2, 0.25) is 0 Å². The van der Waals surface area contributed by atoms with Gasteiger partial charge in [-0.2, -0.15) is 0 Å². The van der Waals surface area contributed by atoms with Crippen LogP contribution in [0.5, 0.6) is 0 Å². The lowest BCUT2D eigenvalue weighted by Crippen LogP contribution is -2.30. The lowest BCUT2D eigenvalue weighted by Gasteiger charge is -2.18. The summed E-state index contributed by atoms with van der Waals surface area (Å²) in [5.74, 6) is -0.891. The molecule has 0 aromatic carbocycles. The van der Waals surface area contributed by atoms with Crippen LogP contribution in [0, 0.1) is 0 Å². The molecule has 0 aromatic heterocycles. The fourth-order valence-electron chi connectivity index (χ4n) is 7.39.